The lowest BCUT2D eigenvalue weighted by Gasteiger charge is -2.16. The molecule has 10 rings (SSSR count). The Morgan fingerprint density at radius 3 is 1.43 bits per heavy atom. The van der Waals surface area contributed by atoms with Crippen molar-refractivity contribution < 1.29 is 4.74 Å². The fourth-order valence-electron chi connectivity index (χ4n) is 7.77. The fraction of sp³-hybridized carbons (Fsp3) is 0.0244. The maximum atomic E-state index is 6.18. The Bertz CT molecular complexity index is 2450. The average molecular weight is 533 g/mol. The van der Waals surface area contributed by atoms with Crippen molar-refractivity contribution >= 4 is 43.1 Å². The number of methoxy groups -OCH3 is 1. The number of hydrogen-bond acceptors (Lipinski definition) is 1. The van der Waals surface area contributed by atoms with E-state index in [9.17, 15) is 0 Å². The van der Waals surface area contributed by atoms with Crippen molar-refractivity contribution in [3.05, 3.63) is 127 Å². The van der Waals surface area contributed by atoms with Gasteiger partial charge in [-0.1, -0.05) is 97.1 Å². The highest BCUT2D eigenvalue weighted by molar-refractivity contribution is 6.25. The molecule has 0 saturated heterocycles. The summed E-state index contributed by atoms with van der Waals surface area (Å²) in [6, 6.07) is 47.2. The summed E-state index contributed by atoms with van der Waals surface area (Å²) in [7, 11) is 1.80. The van der Waals surface area contributed by atoms with Crippen molar-refractivity contribution in [1.29, 1.82) is 0 Å². The van der Waals surface area contributed by atoms with Gasteiger partial charge in [-0.2, -0.15) is 0 Å². The molecule has 0 spiro atoms. The second kappa shape index (κ2) is 7.87. The van der Waals surface area contributed by atoms with Crippen molar-refractivity contribution in [2.75, 3.05) is 7.11 Å². The molecule has 2 aliphatic carbocycles. The lowest BCUT2D eigenvalue weighted by atomic mass is 9.89. The molecule has 1 heteroatoms. The van der Waals surface area contributed by atoms with Crippen LogP contribution in [-0.4, -0.2) is 7.11 Å². The van der Waals surface area contributed by atoms with Gasteiger partial charge in [-0.15, -0.1) is 0 Å². The van der Waals surface area contributed by atoms with Crippen molar-refractivity contribution in [2.24, 2.45) is 0 Å². The maximum absolute atomic E-state index is 6.18. The van der Waals surface area contributed by atoms with Gasteiger partial charge in [-0.05, 0) is 118 Å². The van der Waals surface area contributed by atoms with E-state index >= 15 is 0 Å². The molecule has 1 nitrogen and oxygen atoms in total. The van der Waals surface area contributed by atoms with Gasteiger partial charge in [0.05, 0.1) is 7.11 Å². The Hall–Kier alpha value is -5.40. The van der Waals surface area contributed by atoms with E-state index in [4.69, 9.17) is 4.74 Å². The fourth-order valence-corrected chi connectivity index (χ4v) is 7.77. The summed E-state index contributed by atoms with van der Waals surface area (Å²) >= 11 is 0. The summed E-state index contributed by atoms with van der Waals surface area (Å²) in [4.78, 5) is 0. The summed E-state index contributed by atoms with van der Waals surface area (Å²) < 4.78 is 6.18. The molecule has 0 N–H and O–H groups in total. The largest absolute Gasteiger partial charge is 0.496 e. The van der Waals surface area contributed by atoms with Crippen LogP contribution in [0.25, 0.3) is 98.7 Å². The number of ether oxygens (including phenoxy) is 1. The van der Waals surface area contributed by atoms with Crippen molar-refractivity contribution in [3.63, 3.8) is 0 Å². The predicted octanol–water partition coefficient (Wildman–Crippen LogP) is 11.3. The minimum absolute atomic E-state index is 0.928. The average Bonchev–Trinajstić information content (AvgIpc) is 3.53. The molecule has 8 aromatic carbocycles. The molecule has 0 saturated carbocycles. The molecule has 8 aromatic rings. The monoisotopic (exact) mass is 532 g/mol. The first-order valence-electron chi connectivity index (χ1n) is 14.6. The van der Waals surface area contributed by atoms with Gasteiger partial charge >= 0.3 is 0 Å². The van der Waals surface area contributed by atoms with Gasteiger partial charge in [0.15, 0.2) is 0 Å². The minimum Gasteiger partial charge on any atom is -0.496 e. The highest BCUT2D eigenvalue weighted by Crippen LogP contribution is 2.56. The first-order valence-corrected chi connectivity index (χ1v) is 14.6. The van der Waals surface area contributed by atoms with Crippen molar-refractivity contribution in [1.82, 2.24) is 0 Å². The van der Waals surface area contributed by atoms with Gasteiger partial charge < -0.3 is 4.74 Å². The van der Waals surface area contributed by atoms with E-state index in [0.29, 0.717) is 0 Å². The molecule has 42 heavy (non-hydrogen) atoms. The zero-order chi connectivity index (χ0) is 27.5. The molecular formula is C41H24O. The van der Waals surface area contributed by atoms with E-state index in [2.05, 4.69) is 127 Å². The molecular weight excluding hydrogens is 508 g/mol. The van der Waals surface area contributed by atoms with Crippen LogP contribution in [0.2, 0.25) is 0 Å². The van der Waals surface area contributed by atoms with Gasteiger partial charge in [-0.25, -0.2) is 0 Å². The molecule has 194 valence electrons. The van der Waals surface area contributed by atoms with Crippen LogP contribution in [0, 0.1) is 0 Å². The SMILES string of the molecule is COc1cc(-c2ccc3c4c(cccc24)-c2cc4ccccc4cc2-3)c2cccc3c2c1-c1cc2ccccc2cc1-3. The molecule has 0 atom stereocenters. The number of rotatable bonds is 2. The lowest BCUT2D eigenvalue weighted by Crippen LogP contribution is -1.91. The highest BCUT2D eigenvalue weighted by Gasteiger charge is 2.29. The van der Waals surface area contributed by atoms with Crippen LogP contribution in [-0.2, 0) is 0 Å². The molecule has 0 aromatic heterocycles. The second-order valence-corrected chi connectivity index (χ2v) is 11.6. The Morgan fingerprint density at radius 1 is 0.357 bits per heavy atom. The molecule has 0 fully saturated rings. The number of fused-ring (bicyclic) bond motifs is 8. The van der Waals surface area contributed by atoms with E-state index in [-0.39, 0.29) is 0 Å². The highest BCUT2D eigenvalue weighted by atomic mass is 16.5. The predicted molar refractivity (Wildman–Crippen MR) is 177 cm³/mol. The summed E-state index contributed by atoms with van der Waals surface area (Å²) in [5, 5.41) is 10.3. The standard InChI is InChI=1S/C41H24O/c1-42-38-22-36(31-15-7-14-30-35-20-25-10-4-5-11-26(25)21-37(35)41(38)40(30)31)27-16-17-32-34-19-24-9-3-2-8-23(24)18-33(34)29-13-6-12-28(27)39(29)32/h2-22H,1H3. The molecule has 0 heterocycles. The van der Waals surface area contributed by atoms with Gasteiger partial charge in [0.2, 0.25) is 0 Å². The van der Waals surface area contributed by atoms with E-state index in [1.807, 2.05) is 0 Å². The Labute approximate surface area is 243 Å². The van der Waals surface area contributed by atoms with Crippen LogP contribution < -0.4 is 4.74 Å². The number of hydrogen-bond donors (Lipinski definition) is 0. The lowest BCUT2D eigenvalue weighted by molar-refractivity contribution is 0.417. The Morgan fingerprint density at radius 2 is 0.833 bits per heavy atom. The van der Waals surface area contributed by atoms with E-state index < -0.39 is 0 Å². The molecule has 0 aliphatic heterocycles. The van der Waals surface area contributed by atoms with E-state index in [0.717, 1.165) is 5.75 Å². The van der Waals surface area contributed by atoms with Crippen LogP contribution in [0.5, 0.6) is 5.75 Å². The van der Waals surface area contributed by atoms with Crippen LogP contribution in [0.4, 0.5) is 0 Å². The molecule has 0 radical (unpaired) electrons. The Balaban J connectivity index is 1.28. The Kier molecular flexibility index (Phi) is 4.18. The van der Waals surface area contributed by atoms with E-state index in [1.165, 1.54) is 98.7 Å². The topological polar surface area (TPSA) is 9.23 Å². The molecule has 0 bridgehead atoms. The molecule has 0 unspecified atom stereocenters. The van der Waals surface area contributed by atoms with Gasteiger partial charge in [0.1, 0.15) is 5.75 Å². The molecule has 2 aliphatic rings. The molecule has 0 amide bonds. The van der Waals surface area contributed by atoms with Gasteiger partial charge in [-0.3, -0.25) is 0 Å². The number of benzene rings is 8. The normalized spacial score (nSPS) is 12.4. The summed E-state index contributed by atoms with van der Waals surface area (Å²) in [6.45, 7) is 0. The zero-order valence-corrected chi connectivity index (χ0v) is 23.0. The first kappa shape index (κ1) is 22.3. The first-order chi connectivity index (χ1) is 20.8. The van der Waals surface area contributed by atoms with Gasteiger partial charge in [0, 0.05) is 10.9 Å². The smallest absolute Gasteiger partial charge is 0.127 e. The minimum atomic E-state index is 0.928. The third-order valence-electron chi connectivity index (χ3n) is 9.59. The summed E-state index contributed by atoms with van der Waals surface area (Å²) in [5.41, 5.74) is 12.8. The van der Waals surface area contributed by atoms with Crippen molar-refractivity contribution in [3.8, 4) is 61.4 Å². The second-order valence-electron chi connectivity index (χ2n) is 11.6. The zero-order valence-electron chi connectivity index (χ0n) is 23.0. The van der Waals surface area contributed by atoms with Crippen LogP contribution >= 0.6 is 0 Å². The quantitative estimate of drug-likeness (QED) is 0.215. The summed E-state index contributed by atoms with van der Waals surface area (Å²) in [6.07, 6.45) is 0. The van der Waals surface area contributed by atoms with Crippen LogP contribution in [0.1, 0.15) is 0 Å². The third kappa shape index (κ3) is 2.73. The van der Waals surface area contributed by atoms with Crippen LogP contribution in [0.15, 0.2) is 127 Å². The summed E-state index contributed by atoms with van der Waals surface area (Å²) in [5.74, 6) is 0.928. The van der Waals surface area contributed by atoms with Crippen molar-refractivity contribution in [2.45, 2.75) is 0 Å². The van der Waals surface area contributed by atoms with E-state index in [1.54, 1.807) is 7.11 Å². The maximum Gasteiger partial charge on any atom is 0.127 e. The van der Waals surface area contributed by atoms with Crippen LogP contribution in [0.3, 0.4) is 0 Å². The van der Waals surface area contributed by atoms with Gasteiger partial charge in [0.25, 0.3) is 0 Å². The third-order valence-corrected chi connectivity index (χ3v) is 9.59.